The van der Waals surface area contributed by atoms with E-state index >= 15 is 0 Å². The van der Waals surface area contributed by atoms with Crippen molar-refractivity contribution in [2.24, 2.45) is 5.41 Å². The lowest BCUT2D eigenvalue weighted by atomic mass is 9.79. The summed E-state index contributed by atoms with van der Waals surface area (Å²) in [7, 11) is -3.82. The molecule has 3 aromatic rings. The maximum atomic E-state index is 14.4. The zero-order chi connectivity index (χ0) is 37.9. The molecule has 1 heterocycles. The molecule has 14 heteroatoms. The minimum absolute atomic E-state index is 0.00276. The Bertz CT molecular complexity index is 1780. The van der Waals surface area contributed by atoms with Gasteiger partial charge in [-0.2, -0.15) is 0 Å². The van der Waals surface area contributed by atoms with E-state index in [2.05, 4.69) is 29.4 Å². The number of thioether (sulfide) groups is 2. The lowest BCUT2D eigenvalue weighted by molar-refractivity contribution is -0.137. The lowest BCUT2D eigenvalue weighted by Gasteiger charge is -2.37. The molecule has 4 N–H and O–H groups in total. The molecule has 0 fully saturated rings. The molecule has 3 aromatic carbocycles. The fourth-order valence-corrected chi connectivity index (χ4v) is 9.69. The third kappa shape index (κ3) is 10.6. The van der Waals surface area contributed by atoms with Gasteiger partial charge >= 0.3 is 5.97 Å². The van der Waals surface area contributed by atoms with Gasteiger partial charge in [-0.05, 0) is 61.2 Å². The van der Waals surface area contributed by atoms with Crippen LogP contribution in [-0.2, 0) is 24.2 Å². The Labute approximate surface area is 315 Å². The summed E-state index contributed by atoms with van der Waals surface area (Å²) in [5.41, 5.74) is 1.35. The van der Waals surface area contributed by atoms with Crippen LogP contribution in [0.5, 0.6) is 11.5 Å². The van der Waals surface area contributed by atoms with E-state index in [4.69, 9.17) is 4.74 Å². The molecule has 0 saturated heterocycles. The van der Waals surface area contributed by atoms with Crippen LogP contribution < -0.4 is 20.3 Å². The number of hydrogen-bond donors (Lipinski definition) is 4. The molecule has 4 rings (SSSR count). The number of anilines is 2. The number of fused-ring (bicyclic) bond motifs is 1. The van der Waals surface area contributed by atoms with Crippen molar-refractivity contribution in [3.8, 4) is 11.5 Å². The second kappa shape index (κ2) is 18.7. The molecule has 2 atom stereocenters. The first-order valence-corrected chi connectivity index (χ1v) is 21.5. The molecule has 0 spiro atoms. The number of sulfone groups is 1. The second-order valence-electron chi connectivity index (χ2n) is 13.1. The summed E-state index contributed by atoms with van der Waals surface area (Å²) in [6.45, 7) is 4.25. The number of aliphatic carboxylic acids is 1. The number of carboxylic acids is 1. The predicted molar refractivity (Wildman–Crippen MR) is 207 cm³/mol. The Morgan fingerprint density at radius 3 is 2.19 bits per heavy atom. The van der Waals surface area contributed by atoms with Crippen LogP contribution in [-0.4, -0.2) is 73.2 Å². The number of carboxylic acid groups (broad SMARTS) is 1. The highest BCUT2D eigenvalue weighted by Gasteiger charge is 2.42. The zero-order valence-electron chi connectivity index (χ0n) is 30.1. The van der Waals surface area contributed by atoms with E-state index in [1.807, 2.05) is 42.7 Å². The number of benzene rings is 3. The number of unbranched alkanes of at least 4 members (excludes halogenated alkanes) is 2. The first kappa shape index (κ1) is 40.9. The topological polar surface area (TPSA) is 162 Å². The maximum Gasteiger partial charge on any atom is 0.306 e. The van der Waals surface area contributed by atoms with Gasteiger partial charge in [-0.3, -0.25) is 14.4 Å². The van der Waals surface area contributed by atoms with Crippen molar-refractivity contribution in [2.45, 2.75) is 80.0 Å². The minimum Gasteiger partial charge on any atom is -0.508 e. The van der Waals surface area contributed by atoms with E-state index in [0.29, 0.717) is 22.7 Å². The third-order valence-electron chi connectivity index (χ3n) is 9.15. The van der Waals surface area contributed by atoms with Gasteiger partial charge in [0.05, 0.1) is 33.0 Å². The van der Waals surface area contributed by atoms with E-state index in [9.17, 15) is 33.0 Å². The number of carbonyl (C=O) groups excluding carboxylic acids is 2. The summed E-state index contributed by atoms with van der Waals surface area (Å²) in [6.07, 6.45) is 8.49. The summed E-state index contributed by atoms with van der Waals surface area (Å²) in [5, 5.41) is 23.6. The van der Waals surface area contributed by atoms with Gasteiger partial charge in [0.25, 0.3) is 5.91 Å². The van der Waals surface area contributed by atoms with Crippen LogP contribution in [0, 0.1) is 5.41 Å². The van der Waals surface area contributed by atoms with Gasteiger partial charge in [-0.15, -0.1) is 23.5 Å². The largest absolute Gasteiger partial charge is 0.508 e. The highest BCUT2D eigenvalue weighted by Crippen LogP contribution is 2.47. The van der Waals surface area contributed by atoms with Gasteiger partial charge < -0.3 is 30.5 Å². The van der Waals surface area contributed by atoms with Crippen LogP contribution in [0.15, 0.2) is 76.5 Å². The molecule has 2 unspecified atom stereocenters. The minimum atomic E-state index is -3.82. The van der Waals surface area contributed by atoms with E-state index in [0.717, 1.165) is 56.0 Å². The van der Waals surface area contributed by atoms with Gasteiger partial charge in [0.2, 0.25) is 5.91 Å². The van der Waals surface area contributed by atoms with E-state index in [1.165, 1.54) is 42.1 Å². The highest BCUT2D eigenvalue weighted by molar-refractivity contribution is 7.99. The number of amides is 2. The average molecular weight is 772 g/mol. The van der Waals surface area contributed by atoms with Gasteiger partial charge in [0.15, 0.2) is 16.4 Å². The van der Waals surface area contributed by atoms with Crippen LogP contribution in [0.25, 0.3) is 0 Å². The number of hydrogen-bond acceptors (Lipinski definition) is 10. The van der Waals surface area contributed by atoms with Crippen LogP contribution >= 0.6 is 23.5 Å². The van der Waals surface area contributed by atoms with Crippen molar-refractivity contribution in [3.63, 3.8) is 0 Å². The quantitative estimate of drug-likeness (QED) is 0.0785. The van der Waals surface area contributed by atoms with E-state index in [1.54, 1.807) is 6.26 Å². The molecule has 1 aliphatic heterocycles. The van der Waals surface area contributed by atoms with Crippen molar-refractivity contribution in [1.29, 1.82) is 0 Å². The van der Waals surface area contributed by atoms with E-state index in [-0.39, 0.29) is 28.6 Å². The standard InChI is InChI=1S/C38H49N3O8S3/c1-5-7-18-38(19-8-6-2)24-41(27-12-10-9-11-13-27)29-20-31(50-3)30(21-32(29)52(47,48)25-38)49-23-33(43)39-36(26-14-16-28(42)17-15-26)37(46)40-34(51-4)22-35(44)45/h9-17,20-21,34,36,42H,5-8,18-19,22-25H2,1-4H3,(H,39,43)(H,40,46)(H,44,45). The zero-order valence-corrected chi connectivity index (χ0v) is 32.5. The van der Waals surface area contributed by atoms with Crippen LogP contribution in [0.2, 0.25) is 0 Å². The normalized spacial score (nSPS) is 15.8. The number of para-hydroxylation sites is 1. The Morgan fingerprint density at radius 1 is 0.962 bits per heavy atom. The summed E-state index contributed by atoms with van der Waals surface area (Å²) >= 11 is 2.51. The van der Waals surface area contributed by atoms with Gasteiger partial charge in [-0.1, -0.05) is 69.9 Å². The number of nitrogens with one attached hydrogen (secondary N) is 2. The smallest absolute Gasteiger partial charge is 0.306 e. The van der Waals surface area contributed by atoms with Crippen LogP contribution in [0.4, 0.5) is 11.4 Å². The number of ether oxygens (including phenoxy) is 1. The first-order valence-electron chi connectivity index (χ1n) is 17.4. The molecule has 11 nitrogen and oxygen atoms in total. The molecular formula is C38H49N3O8S3. The fraction of sp³-hybridized carbons (Fsp3) is 0.447. The van der Waals surface area contributed by atoms with Crippen molar-refractivity contribution in [2.75, 3.05) is 36.3 Å². The number of carbonyl (C=O) groups is 3. The number of aromatic hydroxyl groups is 1. The van der Waals surface area contributed by atoms with E-state index < -0.39 is 51.1 Å². The summed E-state index contributed by atoms with van der Waals surface area (Å²) in [4.78, 5) is 41.0. The summed E-state index contributed by atoms with van der Waals surface area (Å²) in [6, 6.07) is 17.6. The molecular weight excluding hydrogens is 723 g/mol. The Morgan fingerprint density at radius 2 is 1.62 bits per heavy atom. The molecule has 52 heavy (non-hydrogen) atoms. The lowest BCUT2D eigenvalue weighted by Crippen LogP contribution is -2.45. The Balaban J connectivity index is 1.67. The molecule has 0 aliphatic carbocycles. The SMILES string of the molecule is CCCCC1(CCCC)CN(c2ccccc2)c2cc(SC)c(OCC(=O)NC(C(=O)NC(CC(=O)O)SC)c3ccc(O)cc3)cc2S(=O)(=O)C1. The Hall–Kier alpha value is -3.88. The molecule has 282 valence electrons. The number of rotatable bonds is 18. The number of phenols is 1. The molecule has 0 bridgehead atoms. The number of nitrogens with zero attached hydrogens (tertiary/aromatic N) is 1. The summed E-state index contributed by atoms with van der Waals surface area (Å²) < 4.78 is 34.9. The molecule has 0 aromatic heterocycles. The number of phenolic OH excluding ortho intramolecular Hbond substituents is 1. The highest BCUT2D eigenvalue weighted by atomic mass is 32.2. The van der Waals surface area contributed by atoms with Crippen molar-refractivity contribution in [3.05, 3.63) is 72.3 Å². The second-order valence-corrected chi connectivity index (χ2v) is 16.9. The third-order valence-corrected chi connectivity index (χ3v) is 12.8. The van der Waals surface area contributed by atoms with Crippen molar-refractivity contribution in [1.82, 2.24) is 10.6 Å². The molecule has 0 radical (unpaired) electrons. The maximum absolute atomic E-state index is 14.4. The first-order chi connectivity index (χ1) is 24.8. The molecule has 1 aliphatic rings. The van der Waals surface area contributed by atoms with Gasteiger partial charge in [0, 0.05) is 23.7 Å². The molecule has 2 amide bonds. The van der Waals surface area contributed by atoms with Crippen molar-refractivity contribution < 1.29 is 37.8 Å². The fourth-order valence-electron chi connectivity index (χ4n) is 6.49. The predicted octanol–water partition coefficient (Wildman–Crippen LogP) is 6.92. The average Bonchev–Trinajstić information content (AvgIpc) is 3.22. The van der Waals surface area contributed by atoms with Crippen LogP contribution in [0.1, 0.15) is 70.4 Å². The van der Waals surface area contributed by atoms with Gasteiger partial charge in [0.1, 0.15) is 17.5 Å². The summed E-state index contributed by atoms with van der Waals surface area (Å²) in [5.74, 6) is -2.21. The monoisotopic (exact) mass is 771 g/mol. The molecule has 0 saturated carbocycles. The Kier molecular flexibility index (Phi) is 14.7. The van der Waals surface area contributed by atoms with Crippen molar-refractivity contribution >= 4 is 62.5 Å². The van der Waals surface area contributed by atoms with Crippen LogP contribution in [0.3, 0.4) is 0 Å². The van der Waals surface area contributed by atoms with Gasteiger partial charge in [-0.25, -0.2) is 8.42 Å².